The number of rotatable bonds is 7. The van der Waals surface area contributed by atoms with E-state index in [-0.39, 0.29) is 0 Å². The van der Waals surface area contributed by atoms with Gasteiger partial charge in [0.15, 0.2) is 5.75 Å². The van der Waals surface area contributed by atoms with Crippen molar-refractivity contribution in [1.82, 2.24) is 15.1 Å². The maximum Gasteiger partial charge on any atom is 0.161 e. The van der Waals surface area contributed by atoms with Crippen LogP contribution in [0.4, 0.5) is 0 Å². The van der Waals surface area contributed by atoms with Crippen LogP contribution in [0.15, 0.2) is 6.20 Å². The molecular weight excluding hydrogens is 262 g/mol. The highest BCUT2D eigenvalue weighted by Crippen LogP contribution is 2.62. The maximum atomic E-state index is 5.61. The molecule has 3 atom stereocenters. The van der Waals surface area contributed by atoms with Crippen molar-refractivity contribution in [3.05, 3.63) is 11.9 Å². The minimum absolute atomic E-state index is 0.369. The van der Waals surface area contributed by atoms with Gasteiger partial charge in [-0.1, -0.05) is 13.3 Å². The Hall–Kier alpha value is -1.03. The van der Waals surface area contributed by atoms with Crippen molar-refractivity contribution >= 4 is 0 Å². The maximum absolute atomic E-state index is 5.61. The zero-order valence-corrected chi connectivity index (χ0v) is 13.8. The molecule has 2 saturated carbocycles. The van der Waals surface area contributed by atoms with Gasteiger partial charge in [-0.15, -0.1) is 0 Å². The summed E-state index contributed by atoms with van der Waals surface area (Å²) in [6.45, 7) is 7.68. The Labute approximate surface area is 128 Å². The van der Waals surface area contributed by atoms with Gasteiger partial charge in [0, 0.05) is 6.04 Å². The second-order valence-corrected chi connectivity index (χ2v) is 6.90. The molecule has 1 heterocycles. The number of methoxy groups -OCH3 is 1. The lowest BCUT2D eigenvalue weighted by molar-refractivity contribution is 0.350. The molecule has 0 saturated heterocycles. The van der Waals surface area contributed by atoms with Crippen LogP contribution in [0.2, 0.25) is 0 Å². The second kappa shape index (κ2) is 5.99. The predicted molar refractivity (Wildman–Crippen MR) is 84.5 cm³/mol. The SMILES string of the molecule is CCCNC(c1c(OC)cnn1C(C)C)C1C2CCCC21. The molecule has 0 aliphatic heterocycles. The van der Waals surface area contributed by atoms with E-state index >= 15 is 0 Å². The average molecular weight is 291 g/mol. The summed E-state index contributed by atoms with van der Waals surface area (Å²) in [6, 6.07) is 0.772. The molecule has 118 valence electrons. The third-order valence-corrected chi connectivity index (χ3v) is 5.27. The van der Waals surface area contributed by atoms with Gasteiger partial charge in [-0.3, -0.25) is 4.68 Å². The van der Waals surface area contributed by atoms with Crippen molar-refractivity contribution in [3.63, 3.8) is 0 Å². The van der Waals surface area contributed by atoms with Gasteiger partial charge in [-0.25, -0.2) is 0 Å². The summed E-state index contributed by atoms with van der Waals surface area (Å²) in [7, 11) is 1.76. The molecule has 3 unspecified atom stereocenters. The van der Waals surface area contributed by atoms with Crippen LogP contribution in [-0.4, -0.2) is 23.4 Å². The monoisotopic (exact) mass is 291 g/mol. The van der Waals surface area contributed by atoms with Crippen LogP contribution in [0.3, 0.4) is 0 Å². The van der Waals surface area contributed by atoms with Gasteiger partial charge in [0.05, 0.1) is 25.0 Å². The van der Waals surface area contributed by atoms with E-state index in [1.54, 1.807) is 7.11 Å². The third kappa shape index (κ3) is 2.59. The quantitative estimate of drug-likeness (QED) is 0.835. The van der Waals surface area contributed by atoms with Crippen LogP contribution in [0.25, 0.3) is 0 Å². The Kier molecular flexibility index (Phi) is 4.25. The minimum atomic E-state index is 0.369. The van der Waals surface area contributed by atoms with Gasteiger partial charge in [-0.05, 0) is 57.4 Å². The Bertz CT molecular complexity index is 472. The lowest BCUT2D eigenvalue weighted by Crippen LogP contribution is -2.29. The van der Waals surface area contributed by atoms with Gasteiger partial charge >= 0.3 is 0 Å². The van der Waals surface area contributed by atoms with Crippen molar-refractivity contribution in [1.29, 1.82) is 0 Å². The molecule has 0 radical (unpaired) electrons. The fourth-order valence-corrected chi connectivity index (χ4v) is 4.31. The standard InChI is InChI=1S/C17H29N3O/c1-5-9-18-16(15-12-7-6-8-13(12)15)17-14(21-4)10-19-20(17)11(2)3/h10-13,15-16,18H,5-9H2,1-4H3. The van der Waals surface area contributed by atoms with E-state index in [1.165, 1.54) is 25.0 Å². The summed E-state index contributed by atoms with van der Waals surface area (Å²) in [4.78, 5) is 0. The summed E-state index contributed by atoms with van der Waals surface area (Å²) in [5.41, 5.74) is 1.26. The Morgan fingerprint density at radius 2 is 2.10 bits per heavy atom. The fourth-order valence-electron chi connectivity index (χ4n) is 4.31. The molecule has 4 nitrogen and oxygen atoms in total. The van der Waals surface area contributed by atoms with Crippen LogP contribution < -0.4 is 10.1 Å². The van der Waals surface area contributed by atoms with E-state index < -0.39 is 0 Å². The van der Waals surface area contributed by atoms with Crippen molar-refractivity contribution in [2.24, 2.45) is 17.8 Å². The molecular formula is C17H29N3O. The zero-order chi connectivity index (χ0) is 15.0. The number of nitrogens with one attached hydrogen (secondary N) is 1. The molecule has 0 amide bonds. The summed E-state index contributed by atoms with van der Waals surface area (Å²) in [6.07, 6.45) is 7.30. The topological polar surface area (TPSA) is 39.1 Å². The van der Waals surface area contributed by atoms with Crippen molar-refractivity contribution < 1.29 is 4.74 Å². The normalized spacial score (nSPS) is 28.7. The molecule has 21 heavy (non-hydrogen) atoms. The van der Waals surface area contributed by atoms with E-state index in [4.69, 9.17) is 4.74 Å². The van der Waals surface area contributed by atoms with Crippen molar-refractivity contribution in [2.45, 2.75) is 58.5 Å². The highest BCUT2D eigenvalue weighted by atomic mass is 16.5. The smallest absolute Gasteiger partial charge is 0.161 e. The largest absolute Gasteiger partial charge is 0.493 e. The van der Waals surface area contributed by atoms with Crippen LogP contribution >= 0.6 is 0 Å². The van der Waals surface area contributed by atoms with E-state index in [2.05, 4.69) is 35.9 Å². The van der Waals surface area contributed by atoms with Crippen LogP contribution in [0.1, 0.15) is 64.2 Å². The Balaban J connectivity index is 1.90. The highest BCUT2D eigenvalue weighted by molar-refractivity contribution is 5.31. The van der Waals surface area contributed by atoms with Gasteiger partial charge in [-0.2, -0.15) is 5.10 Å². The van der Waals surface area contributed by atoms with E-state index in [0.29, 0.717) is 12.1 Å². The van der Waals surface area contributed by atoms with Crippen LogP contribution in [0.5, 0.6) is 5.75 Å². The predicted octanol–water partition coefficient (Wildman–Crippen LogP) is 3.56. The number of nitrogens with zero attached hydrogens (tertiary/aromatic N) is 2. The molecule has 1 aromatic rings. The molecule has 4 heteroatoms. The number of fused-ring (bicyclic) bond motifs is 1. The molecule has 0 spiro atoms. The lowest BCUT2D eigenvalue weighted by atomic mass is 10.00. The number of aromatic nitrogens is 2. The first-order chi connectivity index (χ1) is 10.2. The minimum Gasteiger partial charge on any atom is -0.493 e. The molecule has 3 rings (SSSR count). The Morgan fingerprint density at radius 3 is 2.67 bits per heavy atom. The van der Waals surface area contributed by atoms with Gasteiger partial charge < -0.3 is 10.1 Å². The summed E-state index contributed by atoms with van der Waals surface area (Å²) >= 11 is 0. The molecule has 1 aromatic heterocycles. The third-order valence-electron chi connectivity index (χ3n) is 5.27. The molecule has 2 aliphatic carbocycles. The summed E-state index contributed by atoms with van der Waals surface area (Å²) < 4.78 is 7.77. The summed E-state index contributed by atoms with van der Waals surface area (Å²) in [5, 5.41) is 8.36. The van der Waals surface area contributed by atoms with E-state index in [9.17, 15) is 0 Å². The molecule has 2 aliphatic rings. The van der Waals surface area contributed by atoms with Crippen LogP contribution in [0, 0.1) is 17.8 Å². The van der Waals surface area contributed by atoms with E-state index in [0.717, 1.165) is 36.5 Å². The first-order valence-electron chi connectivity index (χ1n) is 8.53. The number of hydrogen-bond acceptors (Lipinski definition) is 3. The number of ether oxygens (including phenoxy) is 1. The molecule has 0 bridgehead atoms. The van der Waals surface area contributed by atoms with Crippen molar-refractivity contribution in [3.8, 4) is 5.75 Å². The fraction of sp³-hybridized carbons (Fsp3) is 0.824. The Morgan fingerprint density at radius 1 is 1.38 bits per heavy atom. The molecule has 1 N–H and O–H groups in total. The van der Waals surface area contributed by atoms with E-state index in [1.807, 2.05) is 6.20 Å². The van der Waals surface area contributed by atoms with Crippen molar-refractivity contribution in [2.75, 3.05) is 13.7 Å². The lowest BCUT2D eigenvalue weighted by Gasteiger charge is -2.24. The van der Waals surface area contributed by atoms with Crippen LogP contribution in [-0.2, 0) is 0 Å². The molecule has 0 aromatic carbocycles. The average Bonchev–Trinajstić information content (AvgIpc) is 2.85. The summed E-state index contributed by atoms with van der Waals surface area (Å²) in [5.74, 6) is 3.59. The number of hydrogen-bond donors (Lipinski definition) is 1. The first kappa shape index (κ1) is 14.9. The van der Waals surface area contributed by atoms with Gasteiger partial charge in [0.2, 0.25) is 0 Å². The zero-order valence-electron chi connectivity index (χ0n) is 13.8. The first-order valence-corrected chi connectivity index (χ1v) is 8.53. The molecule has 2 fully saturated rings. The highest BCUT2D eigenvalue weighted by Gasteiger charge is 2.57. The second-order valence-electron chi connectivity index (χ2n) is 6.90. The van der Waals surface area contributed by atoms with Gasteiger partial charge in [0.25, 0.3) is 0 Å². The van der Waals surface area contributed by atoms with Gasteiger partial charge in [0.1, 0.15) is 0 Å².